The van der Waals surface area contributed by atoms with Crippen LogP contribution in [0.25, 0.3) is 0 Å². The summed E-state index contributed by atoms with van der Waals surface area (Å²) in [6.07, 6.45) is 4.34. The molecule has 5 heteroatoms. The molecule has 0 atom stereocenters. The Morgan fingerprint density at radius 2 is 1.72 bits per heavy atom. The van der Waals surface area contributed by atoms with Crippen LogP contribution in [-0.4, -0.2) is 33.0 Å². The molecule has 3 rings (SSSR count). The molecule has 0 bridgehead atoms. The third-order valence-electron chi connectivity index (χ3n) is 4.70. The molecule has 0 heterocycles. The zero-order valence-electron chi connectivity index (χ0n) is 14.6. The molecule has 0 saturated carbocycles. The van der Waals surface area contributed by atoms with E-state index >= 15 is 0 Å². The van der Waals surface area contributed by atoms with Gasteiger partial charge in [-0.05, 0) is 54.5 Å². The van der Waals surface area contributed by atoms with Gasteiger partial charge in [0.1, 0.15) is 0 Å². The van der Waals surface area contributed by atoms with Crippen LogP contribution in [0.3, 0.4) is 0 Å². The van der Waals surface area contributed by atoms with Gasteiger partial charge in [-0.3, -0.25) is 0 Å². The number of benzene rings is 2. The zero-order chi connectivity index (χ0) is 17.7. The van der Waals surface area contributed by atoms with Crippen LogP contribution in [0.5, 0.6) is 0 Å². The number of sulfonamides is 1. The van der Waals surface area contributed by atoms with E-state index in [1.807, 2.05) is 42.5 Å². The van der Waals surface area contributed by atoms with Gasteiger partial charge in [0.2, 0.25) is 10.0 Å². The van der Waals surface area contributed by atoms with Crippen LogP contribution in [0, 0.1) is 0 Å². The molecule has 0 amide bonds. The molecule has 0 N–H and O–H groups in total. The summed E-state index contributed by atoms with van der Waals surface area (Å²) < 4.78 is 33.0. The maximum atomic E-state index is 13.2. The molecule has 25 heavy (non-hydrogen) atoms. The maximum absolute atomic E-state index is 13.2. The third-order valence-corrected chi connectivity index (χ3v) is 6.55. The highest BCUT2D eigenvalue weighted by atomic mass is 32.2. The van der Waals surface area contributed by atoms with Gasteiger partial charge in [0.15, 0.2) is 0 Å². The largest absolute Gasteiger partial charge is 0.383 e. The Hall–Kier alpha value is -1.69. The SMILES string of the molecule is COCCN(Cc1ccccc1)S(=O)(=O)c1ccc2c(c1)CCCC2. The number of aryl methyl sites for hydroxylation is 2. The van der Waals surface area contributed by atoms with E-state index in [0.717, 1.165) is 24.8 Å². The van der Waals surface area contributed by atoms with Gasteiger partial charge in [0.05, 0.1) is 11.5 Å². The van der Waals surface area contributed by atoms with Crippen molar-refractivity contribution in [2.75, 3.05) is 20.3 Å². The maximum Gasteiger partial charge on any atom is 0.243 e. The molecule has 2 aromatic carbocycles. The molecule has 1 aliphatic carbocycles. The number of methoxy groups -OCH3 is 1. The van der Waals surface area contributed by atoms with Crippen molar-refractivity contribution in [3.05, 3.63) is 65.2 Å². The molecule has 2 aromatic rings. The van der Waals surface area contributed by atoms with Crippen LogP contribution in [0.15, 0.2) is 53.4 Å². The van der Waals surface area contributed by atoms with E-state index in [2.05, 4.69) is 0 Å². The van der Waals surface area contributed by atoms with E-state index in [9.17, 15) is 8.42 Å². The van der Waals surface area contributed by atoms with Crippen molar-refractivity contribution >= 4 is 10.0 Å². The topological polar surface area (TPSA) is 46.6 Å². The van der Waals surface area contributed by atoms with E-state index in [4.69, 9.17) is 4.74 Å². The highest BCUT2D eigenvalue weighted by molar-refractivity contribution is 7.89. The number of rotatable bonds is 7. The Kier molecular flexibility index (Phi) is 5.89. The summed E-state index contributed by atoms with van der Waals surface area (Å²) in [6.45, 7) is 1.06. The second-order valence-corrected chi connectivity index (χ2v) is 8.39. The molecule has 0 unspecified atom stereocenters. The lowest BCUT2D eigenvalue weighted by Gasteiger charge is -2.23. The van der Waals surface area contributed by atoms with E-state index in [0.29, 0.717) is 24.6 Å². The van der Waals surface area contributed by atoms with Gasteiger partial charge >= 0.3 is 0 Å². The molecular weight excluding hydrogens is 334 g/mol. The van der Waals surface area contributed by atoms with Crippen LogP contribution < -0.4 is 0 Å². The third kappa shape index (κ3) is 4.29. The number of nitrogens with zero attached hydrogens (tertiary/aromatic N) is 1. The molecule has 0 saturated heterocycles. The number of hydrogen-bond donors (Lipinski definition) is 0. The fourth-order valence-corrected chi connectivity index (χ4v) is 4.75. The van der Waals surface area contributed by atoms with Gasteiger partial charge in [-0.1, -0.05) is 36.4 Å². The van der Waals surface area contributed by atoms with Crippen molar-refractivity contribution < 1.29 is 13.2 Å². The average molecular weight is 359 g/mol. The van der Waals surface area contributed by atoms with E-state index in [1.165, 1.54) is 21.9 Å². The van der Waals surface area contributed by atoms with Gasteiger partial charge in [0, 0.05) is 20.2 Å². The fraction of sp³-hybridized carbons (Fsp3) is 0.400. The highest BCUT2D eigenvalue weighted by Gasteiger charge is 2.25. The predicted molar refractivity (Wildman–Crippen MR) is 99.0 cm³/mol. The molecule has 134 valence electrons. The summed E-state index contributed by atoms with van der Waals surface area (Å²) in [6, 6.07) is 15.3. The minimum atomic E-state index is -3.55. The first kappa shape index (κ1) is 18.1. The fourth-order valence-electron chi connectivity index (χ4n) is 3.28. The first-order valence-corrected chi connectivity index (χ1v) is 10.2. The Morgan fingerprint density at radius 3 is 2.44 bits per heavy atom. The average Bonchev–Trinajstić information content (AvgIpc) is 2.65. The van der Waals surface area contributed by atoms with Gasteiger partial charge in [-0.2, -0.15) is 4.31 Å². The van der Waals surface area contributed by atoms with Crippen molar-refractivity contribution in [1.82, 2.24) is 4.31 Å². The minimum Gasteiger partial charge on any atom is -0.383 e. The van der Waals surface area contributed by atoms with Crippen LogP contribution in [0.2, 0.25) is 0 Å². The second-order valence-electron chi connectivity index (χ2n) is 6.45. The van der Waals surface area contributed by atoms with Crippen molar-refractivity contribution in [2.24, 2.45) is 0 Å². The molecular formula is C20H25NO3S. The number of fused-ring (bicyclic) bond motifs is 1. The molecule has 0 fully saturated rings. The Bertz CT molecular complexity index is 803. The minimum absolute atomic E-state index is 0.338. The van der Waals surface area contributed by atoms with Crippen LogP contribution in [-0.2, 0) is 34.1 Å². The Balaban J connectivity index is 1.90. The van der Waals surface area contributed by atoms with Crippen molar-refractivity contribution in [1.29, 1.82) is 0 Å². The van der Waals surface area contributed by atoms with E-state index in [-0.39, 0.29) is 0 Å². The molecule has 4 nitrogen and oxygen atoms in total. The van der Waals surface area contributed by atoms with Gasteiger partial charge in [-0.25, -0.2) is 8.42 Å². The normalized spacial score (nSPS) is 14.5. The zero-order valence-corrected chi connectivity index (χ0v) is 15.5. The van der Waals surface area contributed by atoms with Crippen molar-refractivity contribution in [3.63, 3.8) is 0 Å². The van der Waals surface area contributed by atoms with Crippen LogP contribution in [0.1, 0.15) is 29.5 Å². The molecule has 0 aromatic heterocycles. The summed E-state index contributed by atoms with van der Waals surface area (Å²) in [5.74, 6) is 0. The predicted octanol–water partition coefficient (Wildman–Crippen LogP) is 3.40. The lowest BCUT2D eigenvalue weighted by atomic mass is 9.92. The first-order valence-electron chi connectivity index (χ1n) is 8.76. The van der Waals surface area contributed by atoms with Gasteiger partial charge in [0.25, 0.3) is 0 Å². The summed E-state index contributed by atoms with van der Waals surface area (Å²) in [4.78, 5) is 0.389. The molecule has 0 radical (unpaired) electrons. The summed E-state index contributed by atoms with van der Waals surface area (Å²) in [7, 11) is -1.96. The van der Waals surface area contributed by atoms with Crippen molar-refractivity contribution in [2.45, 2.75) is 37.1 Å². The number of ether oxygens (including phenoxy) is 1. The first-order chi connectivity index (χ1) is 12.1. The summed E-state index contributed by atoms with van der Waals surface area (Å²) in [5, 5.41) is 0. The van der Waals surface area contributed by atoms with E-state index in [1.54, 1.807) is 13.2 Å². The van der Waals surface area contributed by atoms with Gasteiger partial charge in [-0.15, -0.1) is 0 Å². The summed E-state index contributed by atoms with van der Waals surface area (Å²) in [5.41, 5.74) is 3.44. The number of hydrogen-bond acceptors (Lipinski definition) is 3. The molecule has 1 aliphatic rings. The quantitative estimate of drug-likeness (QED) is 0.761. The smallest absolute Gasteiger partial charge is 0.243 e. The van der Waals surface area contributed by atoms with Gasteiger partial charge < -0.3 is 4.74 Å². The van der Waals surface area contributed by atoms with Crippen LogP contribution in [0.4, 0.5) is 0 Å². The molecule has 0 spiro atoms. The monoisotopic (exact) mass is 359 g/mol. The molecule has 0 aliphatic heterocycles. The second kappa shape index (κ2) is 8.13. The highest BCUT2D eigenvalue weighted by Crippen LogP contribution is 2.26. The Morgan fingerprint density at radius 1 is 1.00 bits per heavy atom. The van der Waals surface area contributed by atoms with E-state index < -0.39 is 10.0 Å². The lowest BCUT2D eigenvalue weighted by molar-refractivity contribution is 0.177. The lowest BCUT2D eigenvalue weighted by Crippen LogP contribution is -2.33. The standard InChI is InChI=1S/C20H25NO3S/c1-24-14-13-21(16-17-7-3-2-4-8-17)25(22,23)20-12-11-18-9-5-6-10-19(18)15-20/h2-4,7-8,11-12,15H,5-6,9-10,13-14,16H2,1H3. The summed E-state index contributed by atoms with van der Waals surface area (Å²) >= 11 is 0. The Labute approximate surface area is 150 Å². The van der Waals surface area contributed by atoms with Crippen LogP contribution >= 0.6 is 0 Å². The van der Waals surface area contributed by atoms with Crippen molar-refractivity contribution in [3.8, 4) is 0 Å².